The summed E-state index contributed by atoms with van der Waals surface area (Å²) in [5.41, 5.74) is -2.15. The van der Waals surface area contributed by atoms with E-state index in [0.29, 0.717) is 37.1 Å². The van der Waals surface area contributed by atoms with Crippen molar-refractivity contribution in [3.8, 4) is 5.75 Å². The van der Waals surface area contributed by atoms with Gasteiger partial charge in [0.2, 0.25) is 5.91 Å². The summed E-state index contributed by atoms with van der Waals surface area (Å²) in [5.74, 6) is -9.12. The first kappa shape index (κ1) is 26.3. The molecule has 2 unspecified atom stereocenters. The van der Waals surface area contributed by atoms with Crippen LogP contribution in [0.1, 0.15) is 28.8 Å². The molecule has 0 radical (unpaired) electrons. The summed E-state index contributed by atoms with van der Waals surface area (Å²) in [4.78, 5) is 26.6. The highest BCUT2D eigenvalue weighted by molar-refractivity contribution is 5.99. The number of anilines is 1. The Labute approximate surface area is 212 Å². The minimum Gasteiger partial charge on any atom is -0.496 e. The van der Waals surface area contributed by atoms with Crippen LogP contribution in [0, 0.1) is 35.2 Å². The third-order valence-electron chi connectivity index (χ3n) is 7.44. The Hall–Kier alpha value is -3.32. The zero-order valence-electron chi connectivity index (χ0n) is 19.8. The van der Waals surface area contributed by atoms with Crippen molar-refractivity contribution in [3.05, 3.63) is 58.9 Å². The highest BCUT2D eigenvalue weighted by atomic mass is 19.4. The Kier molecular flexibility index (Phi) is 6.54. The molecule has 2 aromatic carbocycles. The van der Waals surface area contributed by atoms with Crippen molar-refractivity contribution in [2.45, 2.75) is 30.8 Å². The van der Waals surface area contributed by atoms with E-state index in [-0.39, 0.29) is 30.2 Å². The second kappa shape index (κ2) is 9.45. The molecule has 2 aliphatic carbocycles. The van der Waals surface area contributed by atoms with Crippen molar-refractivity contribution >= 4 is 17.5 Å². The van der Waals surface area contributed by atoms with E-state index < -0.39 is 70.6 Å². The molecule has 4 atom stereocenters. The zero-order valence-corrected chi connectivity index (χ0v) is 19.8. The van der Waals surface area contributed by atoms with Gasteiger partial charge in [0.15, 0.2) is 17.4 Å². The fourth-order valence-electron chi connectivity index (χ4n) is 5.95. The number of rotatable bonds is 5. The number of hydrogen-bond acceptors (Lipinski definition) is 5. The summed E-state index contributed by atoms with van der Waals surface area (Å²) in [6, 6.07) is 2.53. The molecule has 1 saturated heterocycles. The maximum absolute atomic E-state index is 13.9. The van der Waals surface area contributed by atoms with Gasteiger partial charge >= 0.3 is 6.18 Å². The number of nitrogens with one attached hydrogen (secondary N) is 2. The average molecular weight is 544 g/mol. The molecule has 1 heterocycles. The highest BCUT2D eigenvalue weighted by Gasteiger charge is 2.69. The third-order valence-corrected chi connectivity index (χ3v) is 7.44. The molecule has 1 aliphatic heterocycles. The second-order valence-electron chi connectivity index (χ2n) is 9.38. The lowest BCUT2D eigenvalue weighted by Crippen LogP contribution is -2.48. The third kappa shape index (κ3) is 4.27. The van der Waals surface area contributed by atoms with Gasteiger partial charge in [0, 0.05) is 29.6 Å². The SMILES string of the molecule is COc1cc(F)c(F)cc1C(=O)N[C@@H]1C2CCC([C@@H]1C(=O)Nc1ccc(F)c(C(F)(F)F)c1)C21OCCO1. The predicted octanol–water partition coefficient (Wildman–Crippen LogP) is 4.27. The molecule has 5 rings (SSSR count). The summed E-state index contributed by atoms with van der Waals surface area (Å²) in [6.07, 6.45) is -4.00. The Morgan fingerprint density at radius 1 is 0.974 bits per heavy atom. The molecule has 2 saturated carbocycles. The largest absolute Gasteiger partial charge is 0.496 e. The van der Waals surface area contributed by atoms with Gasteiger partial charge in [-0.05, 0) is 37.1 Å². The van der Waals surface area contributed by atoms with E-state index in [1.165, 1.54) is 7.11 Å². The minimum atomic E-state index is -4.98. The molecule has 3 aliphatic rings. The first-order chi connectivity index (χ1) is 18.0. The highest BCUT2D eigenvalue weighted by Crippen LogP contribution is 2.59. The summed E-state index contributed by atoms with van der Waals surface area (Å²) < 4.78 is 97.7. The quantitative estimate of drug-likeness (QED) is 0.550. The van der Waals surface area contributed by atoms with E-state index in [1.807, 2.05) is 0 Å². The molecule has 2 amide bonds. The fraction of sp³-hybridized carbons (Fsp3) is 0.440. The first-order valence-electron chi connectivity index (χ1n) is 11.8. The van der Waals surface area contributed by atoms with Crippen LogP contribution in [0.2, 0.25) is 0 Å². The van der Waals surface area contributed by atoms with Crippen LogP contribution in [0.5, 0.6) is 5.75 Å². The average Bonchev–Trinajstić information content (AvgIpc) is 3.55. The molecule has 13 heteroatoms. The number of carbonyl (C=O) groups is 2. The molecule has 204 valence electrons. The molecule has 38 heavy (non-hydrogen) atoms. The van der Waals surface area contributed by atoms with E-state index in [4.69, 9.17) is 14.2 Å². The van der Waals surface area contributed by atoms with Crippen molar-refractivity contribution in [1.29, 1.82) is 0 Å². The Balaban J connectivity index is 1.46. The maximum atomic E-state index is 13.9. The summed E-state index contributed by atoms with van der Waals surface area (Å²) >= 11 is 0. The molecular weight excluding hydrogens is 522 g/mol. The van der Waals surface area contributed by atoms with Crippen molar-refractivity contribution in [3.63, 3.8) is 0 Å². The first-order valence-corrected chi connectivity index (χ1v) is 11.8. The number of ether oxygens (including phenoxy) is 3. The number of hydrogen-bond donors (Lipinski definition) is 2. The summed E-state index contributed by atoms with van der Waals surface area (Å²) in [5, 5.41) is 5.09. The molecular formula is C25H22F6N2O5. The van der Waals surface area contributed by atoms with E-state index in [9.17, 15) is 35.9 Å². The Morgan fingerprint density at radius 3 is 2.29 bits per heavy atom. The molecule has 0 aromatic heterocycles. The van der Waals surface area contributed by atoms with Crippen molar-refractivity contribution in [1.82, 2.24) is 5.32 Å². The van der Waals surface area contributed by atoms with Gasteiger partial charge in [-0.25, -0.2) is 13.2 Å². The number of halogens is 6. The van der Waals surface area contributed by atoms with Crippen molar-refractivity contribution < 1.29 is 50.1 Å². The standard InChI is InChI=1S/C25H22F6N2O5/c1-36-19-10-18(28)17(27)9-12(19)22(34)33-21-14-4-3-13(24(14)37-6-7-38-24)20(21)23(35)32-11-2-5-16(26)15(8-11)25(29,30)31/h2,5,8-10,13-14,20-21H,3-4,6-7H2,1H3,(H,32,35)(H,33,34)/t13?,14?,20-,21+/m0/s1. The lowest BCUT2D eigenvalue weighted by molar-refractivity contribution is -0.193. The van der Waals surface area contributed by atoms with Gasteiger partial charge in [0.05, 0.1) is 37.4 Å². The van der Waals surface area contributed by atoms with Crippen LogP contribution in [0.3, 0.4) is 0 Å². The van der Waals surface area contributed by atoms with Gasteiger partial charge in [-0.1, -0.05) is 0 Å². The molecule has 2 aromatic rings. The van der Waals surface area contributed by atoms with Gasteiger partial charge < -0.3 is 24.8 Å². The van der Waals surface area contributed by atoms with E-state index in [0.717, 1.165) is 6.07 Å². The van der Waals surface area contributed by atoms with Crippen LogP contribution >= 0.6 is 0 Å². The second-order valence-corrected chi connectivity index (χ2v) is 9.38. The number of alkyl halides is 3. The van der Waals surface area contributed by atoms with Gasteiger partial charge in [-0.2, -0.15) is 13.2 Å². The van der Waals surface area contributed by atoms with Gasteiger partial charge in [0.25, 0.3) is 5.91 Å². The molecule has 3 fully saturated rings. The van der Waals surface area contributed by atoms with E-state index in [2.05, 4.69) is 10.6 Å². The molecule has 2 bridgehead atoms. The normalized spacial score (nSPS) is 25.6. The van der Waals surface area contributed by atoms with Crippen molar-refractivity contribution in [2.75, 3.05) is 25.6 Å². The van der Waals surface area contributed by atoms with Gasteiger partial charge in [0.1, 0.15) is 11.6 Å². The molecule has 1 spiro atoms. The lowest BCUT2D eigenvalue weighted by Gasteiger charge is -2.30. The van der Waals surface area contributed by atoms with Crippen LogP contribution in [0.4, 0.5) is 32.0 Å². The molecule has 7 nitrogen and oxygen atoms in total. The minimum absolute atomic E-state index is 0.236. The Morgan fingerprint density at radius 2 is 1.63 bits per heavy atom. The van der Waals surface area contributed by atoms with Crippen LogP contribution in [-0.2, 0) is 20.4 Å². The summed E-state index contributed by atoms with van der Waals surface area (Å²) in [6.45, 7) is 0.484. The molecule has 2 N–H and O–H groups in total. The number of methoxy groups -OCH3 is 1. The number of amides is 2. The Bertz CT molecular complexity index is 1280. The fourth-order valence-corrected chi connectivity index (χ4v) is 5.95. The summed E-state index contributed by atoms with van der Waals surface area (Å²) in [7, 11) is 1.17. The number of carbonyl (C=O) groups excluding carboxylic acids is 2. The van der Waals surface area contributed by atoms with Crippen LogP contribution < -0.4 is 15.4 Å². The van der Waals surface area contributed by atoms with Crippen molar-refractivity contribution in [2.24, 2.45) is 17.8 Å². The van der Waals surface area contributed by atoms with Crippen LogP contribution in [0.25, 0.3) is 0 Å². The van der Waals surface area contributed by atoms with Gasteiger partial charge in [-0.15, -0.1) is 0 Å². The topological polar surface area (TPSA) is 85.9 Å². The van der Waals surface area contributed by atoms with Gasteiger partial charge in [-0.3, -0.25) is 9.59 Å². The number of benzene rings is 2. The van der Waals surface area contributed by atoms with E-state index in [1.54, 1.807) is 0 Å². The zero-order chi connectivity index (χ0) is 27.4. The monoisotopic (exact) mass is 544 g/mol. The predicted molar refractivity (Wildman–Crippen MR) is 119 cm³/mol. The van der Waals surface area contributed by atoms with E-state index >= 15 is 0 Å². The maximum Gasteiger partial charge on any atom is 0.419 e. The lowest BCUT2D eigenvalue weighted by atomic mass is 9.83. The smallest absolute Gasteiger partial charge is 0.419 e. The van der Waals surface area contributed by atoms with Crippen LogP contribution in [-0.4, -0.2) is 44.0 Å². The van der Waals surface area contributed by atoms with Crippen LogP contribution in [0.15, 0.2) is 30.3 Å².